The van der Waals surface area contributed by atoms with Crippen LogP contribution in [0.2, 0.25) is 0 Å². The molecular formula is C12H19NO2S. The average molecular weight is 241 g/mol. The van der Waals surface area contributed by atoms with Gasteiger partial charge in [0, 0.05) is 16.3 Å². The summed E-state index contributed by atoms with van der Waals surface area (Å²) < 4.78 is 5.33. The highest BCUT2D eigenvalue weighted by atomic mass is 32.2. The third-order valence-corrected chi connectivity index (χ3v) is 3.10. The molecule has 0 radical (unpaired) electrons. The van der Waals surface area contributed by atoms with E-state index in [0.717, 1.165) is 10.6 Å². The first-order valence-corrected chi connectivity index (χ1v) is 6.34. The number of thioether (sulfide) groups is 1. The highest BCUT2D eigenvalue weighted by Gasteiger charge is 2.06. The molecule has 1 atom stereocenters. The van der Waals surface area contributed by atoms with E-state index in [-0.39, 0.29) is 6.10 Å². The number of rotatable bonds is 6. The summed E-state index contributed by atoms with van der Waals surface area (Å²) in [7, 11) is 0. The number of anilines is 1. The van der Waals surface area contributed by atoms with Crippen LogP contribution in [-0.4, -0.2) is 29.7 Å². The van der Waals surface area contributed by atoms with Crippen LogP contribution in [-0.2, 0) is 4.74 Å². The Bertz CT molecular complexity index is 300. The molecule has 0 fully saturated rings. The Hall–Kier alpha value is -0.710. The Morgan fingerprint density at radius 2 is 1.94 bits per heavy atom. The van der Waals surface area contributed by atoms with Gasteiger partial charge in [-0.1, -0.05) is 0 Å². The van der Waals surface area contributed by atoms with Gasteiger partial charge in [0.25, 0.3) is 0 Å². The summed E-state index contributed by atoms with van der Waals surface area (Å²) in [6.07, 6.45) is -0.263. The zero-order valence-corrected chi connectivity index (χ0v) is 10.5. The molecular weight excluding hydrogens is 222 g/mol. The first kappa shape index (κ1) is 13.4. The maximum Gasteiger partial charge on any atom is 0.0867 e. The van der Waals surface area contributed by atoms with Gasteiger partial charge in [-0.25, -0.2) is 0 Å². The van der Waals surface area contributed by atoms with E-state index in [1.807, 2.05) is 38.1 Å². The fourth-order valence-electron chi connectivity index (χ4n) is 1.11. The van der Waals surface area contributed by atoms with E-state index in [4.69, 9.17) is 10.5 Å². The summed E-state index contributed by atoms with van der Waals surface area (Å²) in [5.41, 5.74) is 6.34. The van der Waals surface area contributed by atoms with E-state index in [1.165, 1.54) is 0 Å². The van der Waals surface area contributed by atoms with E-state index < -0.39 is 6.10 Å². The second-order valence-electron chi connectivity index (χ2n) is 3.92. The minimum atomic E-state index is -0.426. The molecule has 90 valence electrons. The fraction of sp³-hybridized carbons (Fsp3) is 0.500. The van der Waals surface area contributed by atoms with Gasteiger partial charge >= 0.3 is 0 Å². The highest BCUT2D eigenvalue weighted by molar-refractivity contribution is 7.99. The predicted octanol–water partition coefficient (Wildman–Crippen LogP) is 2.15. The molecule has 1 aromatic rings. The lowest BCUT2D eigenvalue weighted by molar-refractivity contribution is 0.0152. The monoisotopic (exact) mass is 241 g/mol. The van der Waals surface area contributed by atoms with Crippen LogP contribution >= 0.6 is 11.8 Å². The number of hydrogen-bond donors (Lipinski definition) is 2. The molecule has 0 aliphatic heterocycles. The van der Waals surface area contributed by atoms with E-state index in [1.54, 1.807) is 11.8 Å². The molecule has 3 N–H and O–H groups in total. The zero-order valence-electron chi connectivity index (χ0n) is 9.72. The lowest BCUT2D eigenvalue weighted by atomic mass is 10.3. The third-order valence-electron chi connectivity index (χ3n) is 1.94. The van der Waals surface area contributed by atoms with Crippen molar-refractivity contribution in [3.05, 3.63) is 24.3 Å². The Morgan fingerprint density at radius 3 is 2.50 bits per heavy atom. The SMILES string of the molecule is CC(C)OCC(O)CSc1ccc(N)cc1. The summed E-state index contributed by atoms with van der Waals surface area (Å²) in [6, 6.07) is 7.63. The van der Waals surface area contributed by atoms with Crippen molar-refractivity contribution in [2.24, 2.45) is 0 Å². The Balaban J connectivity index is 2.26. The van der Waals surface area contributed by atoms with Crippen LogP contribution in [0.3, 0.4) is 0 Å². The number of hydrogen-bond acceptors (Lipinski definition) is 4. The van der Waals surface area contributed by atoms with Crippen LogP contribution in [0.1, 0.15) is 13.8 Å². The molecule has 0 aliphatic rings. The summed E-state index contributed by atoms with van der Waals surface area (Å²) in [6.45, 7) is 4.30. The van der Waals surface area contributed by atoms with Crippen molar-refractivity contribution < 1.29 is 9.84 Å². The second-order valence-corrected chi connectivity index (χ2v) is 5.01. The van der Waals surface area contributed by atoms with Crippen molar-refractivity contribution in [2.45, 2.75) is 31.0 Å². The molecule has 0 saturated carbocycles. The number of aliphatic hydroxyl groups excluding tert-OH is 1. The molecule has 0 aliphatic carbocycles. The van der Waals surface area contributed by atoms with Gasteiger partial charge in [0.15, 0.2) is 0 Å². The van der Waals surface area contributed by atoms with Crippen molar-refractivity contribution in [1.29, 1.82) is 0 Å². The summed E-state index contributed by atoms with van der Waals surface area (Å²) in [5.74, 6) is 0.636. The average Bonchev–Trinajstić information content (AvgIpc) is 2.25. The molecule has 0 heterocycles. The second kappa shape index (κ2) is 6.78. The van der Waals surface area contributed by atoms with Crippen LogP contribution in [0, 0.1) is 0 Å². The van der Waals surface area contributed by atoms with Crippen LogP contribution in [0.25, 0.3) is 0 Å². The maximum atomic E-state index is 9.64. The van der Waals surface area contributed by atoms with E-state index in [0.29, 0.717) is 12.4 Å². The van der Waals surface area contributed by atoms with Crippen LogP contribution in [0.5, 0.6) is 0 Å². The maximum absolute atomic E-state index is 9.64. The van der Waals surface area contributed by atoms with Crippen molar-refractivity contribution >= 4 is 17.4 Å². The normalized spacial score (nSPS) is 13.0. The molecule has 16 heavy (non-hydrogen) atoms. The lowest BCUT2D eigenvalue weighted by Gasteiger charge is -2.13. The summed E-state index contributed by atoms with van der Waals surface area (Å²) in [5, 5.41) is 9.64. The van der Waals surface area contributed by atoms with Crippen molar-refractivity contribution in [3.8, 4) is 0 Å². The van der Waals surface area contributed by atoms with Gasteiger partial charge in [-0.15, -0.1) is 11.8 Å². The molecule has 0 amide bonds. The van der Waals surface area contributed by atoms with Crippen LogP contribution < -0.4 is 5.73 Å². The number of ether oxygens (including phenoxy) is 1. The van der Waals surface area contributed by atoms with Gasteiger partial charge in [0.1, 0.15) is 0 Å². The summed E-state index contributed by atoms with van der Waals surface area (Å²) in [4.78, 5) is 1.11. The first-order valence-electron chi connectivity index (χ1n) is 5.36. The quantitative estimate of drug-likeness (QED) is 0.592. The molecule has 1 unspecified atom stereocenters. The molecule has 0 spiro atoms. The minimum absolute atomic E-state index is 0.163. The third kappa shape index (κ3) is 5.39. The topological polar surface area (TPSA) is 55.5 Å². The molecule has 3 nitrogen and oxygen atoms in total. The van der Waals surface area contributed by atoms with E-state index in [9.17, 15) is 5.11 Å². The van der Waals surface area contributed by atoms with Gasteiger partial charge in [0.2, 0.25) is 0 Å². The van der Waals surface area contributed by atoms with Crippen molar-refractivity contribution in [3.63, 3.8) is 0 Å². The first-order chi connectivity index (χ1) is 7.58. The minimum Gasteiger partial charge on any atom is -0.399 e. The van der Waals surface area contributed by atoms with Crippen LogP contribution in [0.4, 0.5) is 5.69 Å². The Kier molecular flexibility index (Phi) is 5.66. The number of benzene rings is 1. The largest absolute Gasteiger partial charge is 0.399 e. The molecule has 4 heteroatoms. The molecule has 1 aromatic carbocycles. The number of nitrogens with two attached hydrogens (primary N) is 1. The van der Waals surface area contributed by atoms with Gasteiger partial charge in [-0.2, -0.15) is 0 Å². The Morgan fingerprint density at radius 1 is 1.31 bits per heavy atom. The van der Waals surface area contributed by atoms with Gasteiger partial charge in [-0.3, -0.25) is 0 Å². The summed E-state index contributed by atoms with van der Waals surface area (Å²) >= 11 is 1.60. The molecule has 0 saturated heterocycles. The highest BCUT2D eigenvalue weighted by Crippen LogP contribution is 2.20. The van der Waals surface area contributed by atoms with E-state index in [2.05, 4.69) is 0 Å². The fourth-order valence-corrected chi connectivity index (χ4v) is 1.92. The molecule has 0 bridgehead atoms. The lowest BCUT2D eigenvalue weighted by Crippen LogP contribution is -2.20. The molecule has 0 aromatic heterocycles. The Labute approximate surface area is 101 Å². The van der Waals surface area contributed by atoms with Crippen molar-refractivity contribution in [2.75, 3.05) is 18.1 Å². The van der Waals surface area contributed by atoms with Crippen LogP contribution in [0.15, 0.2) is 29.2 Å². The number of nitrogen functional groups attached to an aromatic ring is 1. The van der Waals surface area contributed by atoms with Gasteiger partial charge in [-0.05, 0) is 38.1 Å². The smallest absolute Gasteiger partial charge is 0.0867 e. The standard InChI is InChI=1S/C12H19NO2S/c1-9(2)15-7-11(14)8-16-12-5-3-10(13)4-6-12/h3-6,9,11,14H,7-8,13H2,1-2H3. The van der Waals surface area contributed by atoms with Gasteiger partial charge in [0.05, 0.1) is 18.8 Å². The zero-order chi connectivity index (χ0) is 12.0. The predicted molar refractivity (Wildman–Crippen MR) is 68.7 cm³/mol. The molecule has 1 rings (SSSR count). The van der Waals surface area contributed by atoms with Gasteiger partial charge < -0.3 is 15.6 Å². The number of aliphatic hydroxyl groups is 1. The van der Waals surface area contributed by atoms with E-state index >= 15 is 0 Å². The van der Waals surface area contributed by atoms with Crippen molar-refractivity contribution in [1.82, 2.24) is 0 Å².